The van der Waals surface area contributed by atoms with Gasteiger partial charge < -0.3 is 9.80 Å². The maximum absolute atomic E-state index is 12.9. The van der Waals surface area contributed by atoms with E-state index < -0.39 is 0 Å². The topological polar surface area (TPSA) is 23.6 Å². The first kappa shape index (κ1) is 17.5. The summed E-state index contributed by atoms with van der Waals surface area (Å²) < 4.78 is 0. The SMILES string of the molecule is Cc1cc2c(cc1C)C(C1CCCCC1)N(C(=O)CN(C)C)CC2. The normalized spacial score (nSPS) is 21.9. The second kappa shape index (κ2) is 7.26. The summed E-state index contributed by atoms with van der Waals surface area (Å²) in [7, 11) is 3.97. The molecule has 1 unspecified atom stereocenters. The summed E-state index contributed by atoms with van der Waals surface area (Å²) in [4.78, 5) is 17.1. The minimum atomic E-state index is 0.291. The first-order valence-electron chi connectivity index (χ1n) is 9.51. The van der Waals surface area contributed by atoms with Gasteiger partial charge in [0, 0.05) is 6.54 Å². The number of fused-ring (bicyclic) bond motifs is 1. The van der Waals surface area contributed by atoms with Gasteiger partial charge in [0.05, 0.1) is 12.6 Å². The first-order chi connectivity index (χ1) is 11.5. The van der Waals surface area contributed by atoms with Crippen LogP contribution in [0.4, 0.5) is 0 Å². The molecule has 0 aromatic heterocycles. The molecule has 0 N–H and O–H groups in total. The van der Waals surface area contributed by atoms with Crippen LogP contribution in [0.3, 0.4) is 0 Å². The molecule has 1 atom stereocenters. The van der Waals surface area contributed by atoms with Gasteiger partial charge >= 0.3 is 0 Å². The molecule has 1 amide bonds. The summed E-state index contributed by atoms with van der Waals surface area (Å²) in [6.07, 6.45) is 7.52. The van der Waals surface area contributed by atoms with Crippen LogP contribution in [0.2, 0.25) is 0 Å². The highest BCUT2D eigenvalue weighted by Gasteiger charge is 2.36. The van der Waals surface area contributed by atoms with Crippen LogP contribution in [-0.2, 0) is 11.2 Å². The van der Waals surface area contributed by atoms with Crippen molar-refractivity contribution in [2.45, 2.75) is 58.4 Å². The van der Waals surface area contributed by atoms with E-state index >= 15 is 0 Å². The summed E-state index contributed by atoms with van der Waals surface area (Å²) in [6, 6.07) is 5.04. The number of amides is 1. The maximum Gasteiger partial charge on any atom is 0.237 e. The summed E-state index contributed by atoms with van der Waals surface area (Å²) in [5.74, 6) is 0.922. The van der Waals surface area contributed by atoms with Gasteiger partial charge in [-0.25, -0.2) is 0 Å². The predicted molar refractivity (Wildman–Crippen MR) is 99.2 cm³/mol. The van der Waals surface area contributed by atoms with Gasteiger partial charge in [-0.2, -0.15) is 0 Å². The molecule has 0 radical (unpaired) electrons. The molecule has 24 heavy (non-hydrogen) atoms. The van der Waals surface area contributed by atoms with E-state index in [0.29, 0.717) is 24.4 Å². The molecule has 1 aliphatic carbocycles. The molecule has 1 aromatic carbocycles. The Morgan fingerprint density at radius 3 is 2.46 bits per heavy atom. The summed E-state index contributed by atoms with van der Waals surface area (Å²) in [5.41, 5.74) is 5.65. The van der Waals surface area contributed by atoms with Crippen molar-refractivity contribution in [1.82, 2.24) is 9.80 Å². The quantitative estimate of drug-likeness (QED) is 0.841. The Kier molecular flexibility index (Phi) is 5.29. The highest BCUT2D eigenvalue weighted by Crippen LogP contribution is 2.42. The fourth-order valence-electron chi connectivity index (χ4n) is 4.54. The van der Waals surface area contributed by atoms with Crippen molar-refractivity contribution in [1.29, 1.82) is 0 Å². The van der Waals surface area contributed by atoms with Crippen LogP contribution >= 0.6 is 0 Å². The average Bonchev–Trinajstić information content (AvgIpc) is 2.55. The van der Waals surface area contributed by atoms with Crippen LogP contribution in [0.15, 0.2) is 12.1 Å². The lowest BCUT2D eigenvalue weighted by atomic mass is 9.76. The Balaban J connectivity index is 1.97. The Morgan fingerprint density at radius 2 is 1.79 bits per heavy atom. The molecule has 3 rings (SSSR count). The van der Waals surface area contributed by atoms with Crippen LogP contribution in [0.5, 0.6) is 0 Å². The molecular formula is C21H32N2O. The Hall–Kier alpha value is -1.35. The highest BCUT2D eigenvalue weighted by molar-refractivity contribution is 5.79. The zero-order chi connectivity index (χ0) is 17.3. The van der Waals surface area contributed by atoms with Crippen molar-refractivity contribution in [3.8, 4) is 0 Å². The number of carbonyl (C=O) groups is 1. The number of rotatable bonds is 3. The number of hydrogen-bond acceptors (Lipinski definition) is 2. The molecule has 0 spiro atoms. The van der Waals surface area contributed by atoms with E-state index in [1.807, 2.05) is 19.0 Å². The molecule has 2 aliphatic rings. The lowest BCUT2D eigenvalue weighted by Gasteiger charge is -2.43. The summed E-state index contributed by atoms with van der Waals surface area (Å²) in [6.45, 7) is 5.80. The highest BCUT2D eigenvalue weighted by atomic mass is 16.2. The lowest BCUT2D eigenvalue weighted by molar-refractivity contribution is -0.136. The minimum Gasteiger partial charge on any atom is -0.334 e. The number of likely N-dealkylation sites (N-methyl/N-ethyl adjacent to an activating group) is 1. The molecular weight excluding hydrogens is 296 g/mol. The predicted octanol–water partition coefficient (Wildman–Crippen LogP) is 3.87. The van der Waals surface area contributed by atoms with Gasteiger partial charge in [0.15, 0.2) is 0 Å². The molecule has 1 saturated carbocycles. The van der Waals surface area contributed by atoms with E-state index in [2.05, 4.69) is 30.9 Å². The molecule has 1 heterocycles. The van der Waals surface area contributed by atoms with E-state index in [0.717, 1.165) is 13.0 Å². The number of carbonyl (C=O) groups excluding carboxylic acids is 1. The summed E-state index contributed by atoms with van der Waals surface area (Å²) >= 11 is 0. The Labute approximate surface area is 147 Å². The van der Waals surface area contributed by atoms with Gasteiger partial charge in [-0.05, 0) is 75.4 Å². The van der Waals surface area contributed by atoms with Gasteiger partial charge in [-0.15, -0.1) is 0 Å². The molecule has 0 saturated heterocycles. The molecule has 1 aliphatic heterocycles. The lowest BCUT2D eigenvalue weighted by Crippen LogP contribution is -2.46. The van der Waals surface area contributed by atoms with Crippen molar-refractivity contribution < 1.29 is 4.79 Å². The van der Waals surface area contributed by atoms with Crippen LogP contribution in [0.25, 0.3) is 0 Å². The fraction of sp³-hybridized carbons (Fsp3) is 0.667. The van der Waals surface area contributed by atoms with E-state index in [1.165, 1.54) is 54.4 Å². The smallest absolute Gasteiger partial charge is 0.237 e. The van der Waals surface area contributed by atoms with E-state index in [1.54, 1.807) is 0 Å². The van der Waals surface area contributed by atoms with Crippen molar-refractivity contribution in [2.24, 2.45) is 5.92 Å². The molecule has 1 fully saturated rings. The van der Waals surface area contributed by atoms with E-state index in [4.69, 9.17) is 0 Å². The molecule has 3 nitrogen and oxygen atoms in total. The number of aryl methyl sites for hydroxylation is 2. The zero-order valence-electron chi connectivity index (χ0n) is 15.8. The zero-order valence-corrected chi connectivity index (χ0v) is 15.8. The van der Waals surface area contributed by atoms with Crippen LogP contribution in [0.1, 0.15) is 60.4 Å². The first-order valence-corrected chi connectivity index (χ1v) is 9.51. The van der Waals surface area contributed by atoms with Gasteiger partial charge in [0.2, 0.25) is 5.91 Å². The molecule has 1 aromatic rings. The second-order valence-corrected chi connectivity index (χ2v) is 8.05. The molecule has 0 bridgehead atoms. The number of benzene rings is 1. The monoisotopic (exact) mass is 328 g/mol. The van der Waals surface area contributed by atoms with Crippen molar-refractivity contribution >= 4 is 5.91 Å². The van der Waals surface area contributed by atoms with Gasteiger partial charge in [-0.3, -0.25) is 4.79 Å². The van der Waals surface area contributed by atoms with E-state index in [9.17, 15) is 4.79 Å². The maximum atomic E-state index is 12.9. The fourth-order valence-corrected chi connectivity index (χ4v) is 4.54. The van der Waals surface area contributed by atoms with Crippen molar-refractivity contribution in [3.05, 3.63) is 34.4 Å². The number of nitrogens with zero attached hydrogens (tertiary/aromatic N) is 2. The molecule has 3 heteroatoms. The third-order valence-corrected chi connectivity index (χ3v) is 5.90. The largest absolute Gasteiger partial charge is 0.334 e. The molecule has 132 valence electrons. The standard InChI is InChI=1S/C21H32N2O/c1-15-12-18-10-11-23(20(24)14-22(3)4)21(19(18)13-16(15)2)17-8-6-5-7-9-17/h12-13,17,21H,5-11,14H2,1-4H3. The number of hydrogen-bond donors (Lipinski definition) is 0. The van der Waals surface area contributed by atoms with Crippen LogP contribution in [-0.4, -0.2) is 42.9 Å². The summed E-state index contributed by atoms with van der Waals surface area (Å²) in [5, 5.41) is 0. The van der Waals surface area contributed by atoms with Crippen molar-refractivity contribution in [3.63, 3.8) is 0 Å². The van der Waals surface area contributed by atoms with Crippen LogP contribution < -0.4 is 0 Å². The third-order valence-electron chi connectivity index (χ3n) is 5.90. The minimum absolute atomic E-state index is 0.291. The van der Waals surface area contributed by atoms with Gasteiger partial charge in [0.1, 0.15) is 0 Å². The van der Waals surface area contributed by atoms with E-state index in [-0.39, 0.29) is 0 Å². The van der Waals surface area contributed by atoms with Crippen molar-refractivity contribution in [2.75, 3.05) is 27.2 Å². The second-order valence-electron chi connectivity index (χ2n) is 8.05. The average molecular weight is 329 g/mol. The van der Waals surface area contributed by atoms with Gasteiger partial charge in [-0.1, -0.05) is 31.4 Å². The van der Waals surface area contributed by atoms with Crippen LogP contribution in [0, 0.1) is 19.8 Å². The Bertz CT molecular complexity index is 602. The Morgan fingerprint density at radius 1 is 1.12 bits per heavy atom. The third kappa shape index (κ3) is 3.51. The van der Waals surface area contributed by atoms with Gasteiger partial charge in [0.25, 0.3) is 0 Å².